The number of aliphatic carboxylic acids is 1. The van der Waals surface area contributed by atoms with Gasteiger partial charge in [0, 0.05) is 22.1 Å². The number of hydrogen-bond donors (Lipinski definition) is 1. The summed E-state index contributed by atoms with van der Waals surface area (Å²) in [6.45, 7) is 1.67. The predicted molar refractivity (Wildman–Crippen MR) is 83.0 cm³/mol. The zero-order chi connectivity index (χ0) is 15.0. The number of Topliss-reactive ketones (excluding diaryl/α,β-unsaturated/α-hetero) is 1. The van der Waals surface area contributed by atoms with Crippen LogP contribution in [-0.2, 0) is 4.79 Å². The summed E-state index contributed by atoms with van der Waals surface area (Å²) in [5.41, 5.74) is 1.48. The molecule has 112 valence electrons. The lowest BCUT2D eigenvalue weighted by molar-refractivity contribution is -0.138. The summed E-state index contributed by atoms with van der Waals surface area (Å²) in [6.07, 6.45) is 4.50. The summed E-state index contributed by atoms with van der Waals surface area (Å²) in [7, 11) is 0. The van der Waals surface area contributed by atoms with Crippen LogP contribution < -0.4 is 0 Å². The first kappa shape index (κ1) is 14.6. The average Bonchev–Trinajstić information content (AvgIpc) is 2.64. The average molecular weight is 304 g/mol. The molecule has 1 aromatic carbocycles. The first-order chi connectivity index (χ1) is 10.1. The van der Waals surface area contributed by atoms with E-state index in [0.29, 0.717) is 5.92 Å². The molecule has 0 saturated heterocycles. The maximum atomic E-state index is 12.9. The van der Waals surface area contributed by atoms with E-state index < -0.39 is 11.9 Å². The number of hydrogen-bond acceptors (Lipinski definition) is 3. The molecule has 1 aromatic rings. The van der Waals surface area contributed by atoms with Crippen molar-refractivity contribution in [3.63, 3.8) is 0 Å². The molecular weight excluding hydrogens is 284 g/mol. The fraction of sp³-hybridized carbons (Fsp3) is 0.529. The summed E-state index contributed by atoms with van der Waals surface area (Å²) < 4.78 is 0. The smallest absolute Gasteiger partial charge is 0.310 e. The van der Waals surface area contributed by atoms with Crippen molar-refractivity contribution in [2.75, 3.05) is 5.75 Å². The molecule has 0 aromatic heterocycles. The number of benzene rings is 1. The number of fused-ring (bicyclic) bond motifs is 2. The second-order valence-corrected chi connectivity index (χ2v) is 7.20. The van der Waals surface area contributed by atoms with Gasteiger partial charge in [0.15, 0.2) is 5.78 Å². The number of thioether (sulfide) groups is 1. The van der Waals surface area contributed by atoms with E-state index in [-0.39, 0.29) is 11.7 Å². The van der Waals surface area contributed by atoms with Gasteiger partial charge in [0.2, 0.25) is 0 Å². The Hall–Kier alpha value is -1.29. The Morgan fingerprint density at radius 3 is 2.86 bits per heavy atom. The summed E-state index contributed by atoms with van der Waals surface area (Å²) >= 11 is 1.76. The number of carboxylic acids is 1. The lowest BCUT2D eigenvalue weighted by Gasteiger charge is -2.28. The third-order valence-corrected chi connectivity index (χ3v) is 6.10. The summed E-state index contributed by atoms with van der Waals surface area (Å²) in [6, 6.07) is 5.61. The molecule has 3 atom stereocenters. The van der Waals surface area contributed by atoms with E-state index in [0.717, 1.165) is 41.0 Å². The SMILES string of the molecule is CC(C(=O)O)c1ccc2c(c1)C(=O)[C@@H]1CCCC[C@@H]1CS2. The second kappa shape index (κ2) is 5.84. The van der Waals surface area contributed by atoms with Gasteiger partial charge >= 0.3 is 5.97 Å². The zero-order valence-electron chi connectivity index (χ0n) is 12.2. The van der Waals surface area contributed by atoms with Gasteiger partial charge in [0.05, 0.1) is 5.92 Å². The van der Waals surface area contributed by atoms with E-state index in [1.807, 2.05) is 18.2 Å². The largest absolute Gasteiger partial charge is 0.481 e. The van der Waals surface area contributed by atoms with Crippen molar-refractivity contribution in [1.29, 1.82) is 0 Å². The quantitative estimate of drug-likeness (QED) is 0.898. The molecule has 0 bridgehead atoms. The van der Waals surface area contributed by atoms with Crippen molar-refractivity contribution in [2.24, 2.45) is 11.8 Å². The lowest BCUT2D eigenvalue weighted by atomic mass is 9.76. The minimum Gasteiger partial charge on any atom is -0.481 e. The van der Waals surface area contributed by atoms with Crippen LogP contribution in [0.2, 0.25) is 0 Å². The topological polar surface area (TPSA) is 54.4 Å². The Balaban J connectivity index is 1.97. The number of carbonyl (C=O) groups excluding carboxylic acids is 1. The minimum absolute atomic E-state index is 0.142. The van der Waals surface area contributed by atoms with E-state index in [1.54, 1.807) is 18.7 Å². The molecule has 0 amide bonds. The van der Waals surface area contributed by atoms with E-state index in [1.165, 1.54) is 6.42 Å². The Bertz CT molecular complexity index is 581. The highest BCUT2D eigenvalue weighted by molar-refractivity contribution is 7.99. The Morgan fingerprint density at radius 1 is 1.33 bits per heavy atom. The highest BCUT2D eigenvalue weighted by atomic mass is 32.2. The van der Waals surface area contributed by atoms with Crippen LogP contribution in [0.4, 0.5) is 0 Å². The zero-order valence-corrected chi connectivity index (χ0v) is 13.0. The van der Waals surface area contributed by atoms with Crippen molar-refractivity contribution >= 4 is 23.5 Å². The number of ketones is 1. The third kappa shape index (κ3) is 2.73. The van der Waals surface area contributed by atoms with Gasteiger partial charge in [0.25, 0.3) is 0 Å². The molecule has 0 radical (unpaired) electrons. The highest BCUT2D eigenvalue weighted by Gasteiger charge is 2.35. The molecule has 1 heterocycles. The molecule has 1 N–H and O–H groups in total. The van der Waals surface area contributed by atoms with E-state index in [4.69, 9.17) is 5.11 Å². The molecule has 3 rings (SSSR count). The van der Waals surface area contributed by atoms with Crippen molar-refractivity contribution in [1.82, 2.24) is 0 Å². The lowest BCUT2D eigenvalue weighted by Crippen LogP contribution is -2.27. The normalized spacial score (nSPS) is 26.4. The van der Waals surface area contributed by atoms with Crippen LogP contribution in [0.5, 0.6) is 0 Å². The number of carbonyl (C=O) groups is 2. The fourth-order valence-electron chi connectivity index (χ4n) is 3.43. The van der Waals surface area contributed by atoms with Crippen LogP contribution in [0.1, 0.15) is 54.4 Å². The van der Waals surface area contributed by atoms with Crippen molar-refractivity contribution < 1.29 is 14.7 Å². The maximum Gasteiger partial charge on any atom is 0.310 e. The van der Waals surface area contributed by atoms with E-state index in [9.17, 15) is 9.59 Å². The molecule has 1 unspecified atom stereocenters. The van der Waals surface area contributed by atoms with Crippen molar-refractivity contribution in [3.8, 4) is 0 Å². The fourth-order valence-corrected chi connectivity index (χ4v) is 4.70. The van der Waals surface area contributed by atoms with Crippen molar-refractivity contribution in [2.45, 2.75) is 43.4 Å². The van der Waals surface area contributed by atoms with Crippen LogP contribution in [0.15, 0.2) is 23.1 Å². The molecule has 2 aliphatic rings. The molecule has 21 heavy (non-hydrogen) atoms. The minimum atomic E-state index is -0.848. The van der Waals surface area contributed by atoms with Gasteiger partial charge in [-0.2, -0.15) is 0 Å². The predicted octanol–water partition coefficient (Wildman–Crippen LogP) is 3.97. The first-order valence-electron chi connectivity index (χ1n) is 7.61. The number of rotatable bonds is 2. The molecule has 1 saturated carbocycles. The summed E-state index contributed by atoms with van der Waals surface area (Å²) in [5.74, 6) is 0.459. The monoisotopic (exact) mass is 304 g/mol. The van der Waals surface area contributed by atoms with Gasteiger partial charge in [-0.25, -0.2) is 0 Å². The summed E-state index contributed by atoms with van der Waals surface area (Å²) in [5, 5.41) is 9.16. The van der Waals surface area contributed by atoms with Gasteiger partial charge < -0.3 is 5.11 Å². The Labute approximate surface area is 129 Å². The second-order valence-electron chi connectivity index (χ2n) is 6.14. The molecule has 1 fully saturated rings. The Morgan fingerprint density at radius 2 is 2.10 bits per heavy atom. The van der Waals surface area contributed by atoms with Crippen molar-refractivity contribution in [3.05, 3.63) is 29.3 Å². The third-order valence-electron chi connectivity index (χ3n) is 4.84. The van der Waals surface area contributed by atoms with Gasteiger partial charge in [-0.15, -0.1) is 11.8 Å². The van der Waals surface area contributed by atoms with Gasteiger partial charge in [0.1, 0.15) is 0 Å². The van der Waals surface area contributed by atoms with Gasteiger partial charge in [-0.3, -0.25) is 9.59 Å². The maximum absolute atomic E-state index is 12.9. The van der Waals surface area contributed by atoms with E-state index >= 15 is 0 Å². The van der Waals surface area contributed by atoms with E-state index in [2.05, 4.69) is 0 Å². The molecule has 0 spiro atoms. The molecule has 1 aliphatic carbocycles. The Kier molecular flexibility index (Phi) is 4.07. The van der Waals surface area contributed by atoms with Crippen LogP contribution in [0, 0.1) is 11.8 Å². The van der Waals surface area contributed by atoms with Crippen LogP contribution in [0.3, 0.4) is 0 Å². The van der Waals surface area contributed by atoms with Crippen LogP contribution in [0.25, 0.3) is 0 Å². The van der Waals surface area contributed by atoms with Gasteiger partial charge in [-0.1, -0.05) is 18.9 Å². The summed E-state index contributed by atoms with van der Waals surface area (Å²) in [4.78, 5) is 25.0. The molecule has 3 nitrogen and oxygen atoms in total. The van der Waals surface area contributed by atoms with Crippen LogP contribution >= 0.6 is 11.8 Å². The highest BCUT2D eigenvalue weighted by Crippen LogP contribution is 2.42. The number of carboxylic acid groups (broad SMARTS) is 1. The standard InChI is InChI=1S/C17H20O3S/c1-10(17(19)20)11-6-7-15-14(8-11)16(18)13-5-3-2-4-12(13)9-21-15/h6-8,10,12-13H,2-5,9H2,1H3,(H,19,20)/t10?,12-,13-/m1/s1. The van der Waals surface area contributed by atoms with Crippen LogP contribution in [-0.4, -0.2) is 22.6 Å². The molecule has 1 aliphatic heterocycles. The first-order valence-corrected chi connectivity index (χ1v) is 8.60. The molecule has 4 heteroatoms. The van der Waals surface area contributed by atoms with Gasteiger partial charge in [-0.05, 0) is 43.4 Å². The molecular formula is C17H20O3S.